The Labute approximate surface area is 126 Å². The topological polar surface area (TPSA) is 75.2 Å². The van der Waals surface area contributed by atoms with E-state index in [1.807, 2.05) is 25.8 Å². The number of aromatic nitrogens is 2. The Morgan fingerprint density at radius 2 is 2.05 bits per heavy atom. The number of aryl methyl sites for hydroxylation is 1. The fraction of sp³-hybridized carbons (Fsp3) is 0.714. The summed E-state index contributed by atoms with van der Waals surface area (Å²) in [7, 11) is -0.976. The SMILES string of the molecule is CCCNc1nc(C)nc(N(C)C2CCS(=O)(=O)C2)c1C. The van der Waals surface area contributed by atoms with Crippen molar-refractivity contribution in [2.45, 2.75) is 39.7 Å². The van der Waals surface area contributed by atoms with Crippen LogP contribution in [0, 0.1) is 13.8 Å². The van der Waals surface area contributed by atoms with Gasteiger partial charge in [-0.25, -0.2) is 18.4 Å². The highest BCUT2D eigenvalue weighted by Gasteiger charge is 2.32. The molecule has 21 heavy (non-hydrogen) atoms. The maximum absolute atomic E-state index is 11.7. The smallest absolute Gasteiger partial charge is 0.152 e. The summed E-state index contributed by atoms with van der Waals surface area (Å²) in [4.78, 5) is 10.9. The van der Waals surface area contributed by atoms with E-state index < -0.39 is 9.84 Å². The zero-order valence-electron chi connectivity index (χ0n) is 13.2. The van der Waals surface area contributed by atoms with E-state index in [0.29, 0.717) is 12.2 Å². The molecule has 1 aliphatic rings. The van der Waals surface area contributed by atoms with E-state index in [-0.39, 0.29) is 17.5 Å². The molecule has 1 fully saturated rings. The summed E-state index contributed by atoms with van der Waals surface area (Å²) < 4.78 is 23.3. The molecule has 0 bridgehead atoms. The normalized spacial score (nSPS) is 20.5. The van der Waals surface area contributed by atoms with Crippen molar-refractivity contribution in [3.05, 3.63) is 11.4 Å². The second kappa shape index (κ2) is 6.17. The fourth-order valence-corrected chi connectivity index (χ4v) is 4.40. The fourth-order valence-electron chi connectivity index (χ4n) is 2.63. The van der Waals surface area contributed by atoms with E-state index in [9.17, 15) is 8.42 Å². The van der Waals surface area contributed by atoms with Gasteiger partial charge in [-0.05, 0) is 26.7 Å². The summed E-state index contributed by atoms with van der Waals surface area (Å²) in [6.07, 6.45) is 1.69. The van der Waals surface area contributed by atoms with E-state index >= 15 is 0 Å². The van der Waals surface area contributed by atoms with Crippen LogP contribution in [0.3, 0.4) is 0 Å². The first-order valence-electron chi connectivity index (χ1n) is 7.36. The highest BCUT2D eigenvalue weighted by atomic mass is 32.2. The molecular weight excluding hydrogens is 288 g/mol. The molecular formula is C14H24N4O2S. The first-order valence-corrected chi connectivity index (χ1v) is 9.18. The monoisotopic (exact) mass is 312 g/mol. The van der Waals surface area contributed by atoms with Gasteiger partial charge < -0.3 is 10.2 Å². The van der Waals surface area contributed by atoms with E-state index in [4.69, 9.17) is 0 Å². The average Bonchev–Trinajstić information content (AvgIpc) is 2.79. The minimum Gasteiger partial charge on any atom is -0.370 e. The van der Waals surface area contributed by atoms with Crippen molar-refractivity contribution < 1.29 is 8.42 Å². The molecule has 0 aliphatic carbocycles. The predicted octanol–water partition coefficient (Wildman–Crippen LogP) is 1.54. The van der Waals surface area contributed by atoms with Gasteiger partial charge in [0.1, 0.15) is 17.5 Å². The minimum atomic E-state index is -2.90. The lowest BCUT2D eigenvalue weighted by Crippen LogP contribution is -2.34. The summed E-state index contributed by atoms with van der Waals surface area (Å²) in [6, 6.07) is 0.00188. The molecule has 0 amide bonds. The van der Waals surface area contributed by atoms with E-state index in [1.165, 1.54) is 0 Å². The Morgan fingerprint density at radius 3 is 2.62 bits per heavy atom. The molecule has 2 heterocycles. The van der Waals surface area contributed by atoms with E-state index in [0.717, 1.165) is 30.2 Å². The van der Waals surface area contributed by atoms with Crippen LogP contribution in [0.15, 0.2) is 0 Å². The maximum atomic E-state index is 11.7. The predicted molar refractivity (Wildman–Crippen MR) is 85.7 cm³/mol. The van der Waals surface area contributed by atoms with Gasteiger partial charge in [-0.2, -0.15) is 0 Å². The molecule has 0 saturated carbocycles. The Morgan fingerprint density at radius 1 is 1.33 bits per heavy atom. The molecule has 1 saturated heterocycles. The largest absolute Gasteiger partial charge is 0.370 e. The van der Waals surface area contributed by atoms with Crippen molar-refractivity contribution in [3.63, 3.8) is 0 Å². The van der Waals surface area contributed by atoms with Gasteiger partial charge in [-0.1, -0.05) is 6.92 Å². The Hall–Kier alpha value is -1.37. The molecule has 1 aromatic heterocycles. The lowest BCUT2D eigenvalue weighted by Gasteiger charge is -2.27. The lowest BCUT2D eigenvalue weighted by molar-refractivity contribution is 0.600. The summed E-state index contributed by atoms with van der Waals surface area (Å²) in [6.45, 7) is 6.80. The van der Waals surface area contributed by atoms with Gasteiger partial charge in [-0.15, -0.1) is 0 Å². The van der Waals surface area contributed by atoms with Crippen LogP contribution in [0.4, 0.5) is 11.6 Å². The number of rotatable bonds is 5. The number of hydrogen-bond donors (Lipinski definition) is 1. The third kappa shape index (κ3) is 3.64. The molecule has 1 unspecified atom stereocenters. The standard InChI is InChI=1S/C14H24N4O2S/c1-5-7-15-13-10(2)14(17-11(3)16-13)18(4)12-6-8-21(19,20)9-12/h12H,5-9H2,1-4H3,(H,15,16,17). The second-order valence-corrected chi connectivity index (χ2v) is 7.89. The highest BCUT2D eigenvalue weighted by molar-refractivity contribution is 7.91. The van der Waals surface area contributed by atoms with Crippen molar-refractivity contribution in [2.24, 2.45) is 0 Å². The first kappa shape index (κ1) is 16.0. The molecule has 118 valence electrons. The molecule has 6 nitrogen and oxygen atoms in total. The van der Waals surface area contributed by atoms with Crippen LogP contribution < -0.4 is 10.2 Å². The zero-order chi connectivity index (χ0) is 15.6. The summed E-state index contributed by atoms with van der Waals surface area (Å²) >= 11 is 0. The number of anilines is 2. The van der Waals surface area contributed by atoms with Crippen LogP contribution in [0.1, 0.15) is 31.2 Å². The van der Waals surface area contributed by atoms with Crippen molar-refractivity contribution in [3.8, 4) is 0 Å². The molecule has 0 radical (unpaired) electrons. The number of sulfone groups is 1. The van der Waals surface area contributed by atoms with Crippen molar-refractivity contribution in [1.29, 1.82) is 0 Å². The summed E-state index contributed by atoms with van der Waals surface area (Å²) in [5, 5.41) is 3.31. The van der Waals surface area contributed by atoms with Crippen LogP contribution in [0.5, 0.6) is 0 Å². The van der Waals surface area contributed by atoms with Crippen LogP contribution in [-0.4, -0.2) is 49.5 Å². The van der Waals surface area contributed by atoms with Gasteiger partial charge in [0, 0.05) is 25.2 Å². The van der Waals surface area contributed by atoms with Crippen LogP contribution in [-0.2, 0) is 9.84 Å². The molecule has 1 aliphatic heterocycles. The lowest BCUT2D eigenvalue weighted by atomic mass is 10.2. The van der Waals surface area contributed by atoms with Gasteiger partial charge in [0.25, 0.3) is 0 Å². The minimum absolute atomic E-state index is 0.00188. The van der Waals surface area contributed by atoms with Crippen LogP contribution >= 0.6 is 0 Å². The van der Waals surface area contributed by atoms with Gasteiger partial charge in [-0.3, -0.25) is 0 Å². The molecule has 7 heteroatoms. The summed E-state index contributed by atoms with van der Waals surface area (Å²) in [5.74, 6) is 2.84. The first-order chi connectivity index (χ1) is 9.84. The van der Waals surface area contributed by atoms with E-state index in [2.05, 4.69) is 22.2 Å². The Balaban J connectivity index is 2.28. The van der Waals surface area contributed by atoms with Gasteiger partial charge in [0.05, 0.1) is 11.5 Å². The highest BCUT2D eigenvalue weighted by Crippen LogP contribution is 2.27. The van der Waals surface area contributed by atoms with E-state index in [1.54, 1.807) is 0 Å². The molecule has 0 spiro atoms. The average molecular weight is 312 g/mol. The van der Waals surface area contributed by atoms with Gasteiger partial charge >= 0.3 is 0 Å². The van der Waals surface area contributed by atoms with Crippen LogP contribution in [0.25, 0.3) is 0 Å². The third-order valence-electron chi connectivity index (χ3n) is 3.86. The maximum Gasteiger partial charge on any atom is 0.152 e. The number of nitrogens with one attached hydrogen (secondary N) is 1. The van der Waals surface area contributed by atoms with Crippen LogP contribution in [0.2, 0.25) is 0 Å². The molecule has 1 atom stereocenters. The van der Waals surface area contributed by atoms with Crippen molar-refractivity contribution in [2.75, 3.05) is 35.3 Å². The van der Waals surface area contributed by atoms with Gasteiger partial charge in [0.15, 0.2) is 9.84 Å². The Kier molecular flexibility index (Phi) is 4.70. The molecule has 1 N–H and O–H groups in total. The third-order valence-corrected chi connectivity index (χ3v) is 5.61. The molecule has 2 rings (SSSR count). The quantitative estimate of drug-likeness (QED) is 0.889. The summed E-state index contributed by atoms with van der Waals surface area (Å²) in [5.41, 5.74) is 0.973. The Bertz CT molecular complexity index is 616. The number of nitrogens with zero attached hydrogens (tertiary/aromatic N) is 3. The van der Waals surface area contributed by atoms with Crippen molar-refractivity contribution >= 4 is 21.5 Å². The number of hydrogen-bond acceptors (Lipinski definition) is 6. The van der Waals surface area contributed by atoms with Crippen molar-refractivity contribution in [1.82, 2.24) is 9.97 Å². The molecule has 1 aromatic rings. The van der Waals surface area contributed by atoms with Gasteiger partial charge in [0.2, 0.25) is 0 Å². The second-order valence-electron chi connectivity index (χ2n) is 5.66. The zero-order valence-corrected chi connectivity index (χ0v) is 14.0. The molecule has 0 aromatic carbocycles.